The lowest BCUT2D eigenvalue weighted by atomic mass is 10.1. The standard InChI is InChI=1S/C20H25NO3/c1-2-7-17-8-3-5-10-19(17)23-14-15-24-20-11-6-4-9-18(20)16-21-12-13-22/h2-6,8-11,21-22H,1,7,12-16H2. The second-order valence-corrected chi connectivity index (χ2v) is 5.31. The van der Waals surface area contributed by atoms with Crippen molar-refractivity contribution in [2.45, 2.75) is 13.0 Å². The smallest absolute Gasteiger partial charge is 0.123 e. The number of para-hydroxylation sites is 2. The number of hydrogen-bond acceptors (Lipinski definition) is 4. The number of ether oxygens (including phenoxy) is 2. The Bertz CT molecular complexity index is 628. The summed E-state index contributed by atoms with van der Waals surface area (Å²) in [7, 11) is 0. The number of benzene rings is 2. The van der Waals surface area contributed by atoms with Gasteiger partial charge in [0.15, 0.2) is 0 Å². The maximum absolute atomic E-state index is 8.84. The van der Waals surface area contributed by atoms with Crippen LogP contribution in [0.5, 0.6) is 11.5 Å². The molecule has 128 valence electrons. The van der Waals surface area contributed by atoms with Crippen molar-refractivity contribution in [2.24, 2.45) is 0 Å². The van der Waals surface area contributed by atoms with Gasteiger partial charge in [0.1, 0.15) is 24.7 Å². The highest BCUT2D eigenvalue weighted by atomic mass is 16.5. The Morgan fingerprint density at radius 3 is 2.12 bits per heavy atom. The molecule has 0 aliphatic rings. The molecule has 0 heterocycles. The van der Waals surface area contributed by atoms with Gasteiger partial charge in [0.2, 0.25) is 0 Å². The van der Waals surface area contributed by atoms with Crippen LogP contribution < -0.4 is 14.8 Å². The lowest BCUT2D eigenvalue weighted by Crippen LogP contribution is -2.18. The summed E-state index contributed by atoms with van der Waals surface area (Å²) in [5.41, 5.74) is 2.19. The van der Waals surface area contributed by atoms with Gasteiger partial charge in [0, 0.05) is 18.7 Å². The van der Waals surface area contributed by atoms with Crippen LogP contribution in [0.1, 0.15) is 11.1 Å². The van der Waals surface area contributed by atoms with Gasteiger partial charge in [-0.05, 0) is 24.1 Å². The van der Waals surface area contributed by atoms with E-state index in [1.165, 1.54) is 0 Å². The van der Waals surface area contributed by atoms with Crippen molar-refractivity contribution in [3.8, 4) is 11.5 Å². The Labute approximate surface area is 143 Å². The fourth-order valence-corrected chi connectivity index (χ4v) is 2.36. The average Bonchev–Trinajstić information content (AvgIpc) is 2.61. The van der Waals surface area contributed by atoms with E-state index in [4.69, 9.17) is 14.6 Å². The van der Waals surface area contributed by atoms with E-state index in [-0.39, 0.29) is 6.61 Å². The molecule has 4 heteroatoms. The minimum absolute atomic E-state index is 0.126. The van der Waals surface area contributed by atoms with E-state index < -0.39 is 0 Å². The first-order valence-corrected chi connectivity index (χ1v) is 8.19. The first-order chi connectivity index (χ1) is 11.8. The third-order valence-corrected chi connectivity index (χ3v) is 3.51. The molecule has 0 radical (unpaired) electrons. The zero-order valence-corrected chi connectivity index (χ0v) is 13.9. The van der Waals surface area contributed by atoms with Crippen molar-refractivity contribution in [3.63, 3.8) is 0 Å². The van der Waals surface area contributed by atoms with Crippen LogP contribution in [0, 0.1) is 0 Å². The van der Waals surface area contributed by atoms with Gasteiger partial charge in [-0.1, -0.05) is 42.5 Å². The van der Waals surface area contributed by atoms with E-state index in [1.807, 2.05) is 54.6 Å². The molecule has 4 nitrogen and oxygen atoms in total. The third-order valence-electron chi connectivity index (χ3n) is 3.51. The molecule has 2 N–H and O–H groups in total. The van der Waals surface area contributed by atoms with Gasteiger partial charge in [-0.3, -0.25) is 0 Å². The normalized spacial score (nSPS) is 10.4. The topological polar surface area (TPSA) is 50.7 Å². The van der Waals surface area contributed by atoms with E-state index >= 15 is 0 Å². The summed E-state index contributed by atoms with van der Waals surface area (Å²) in [6.07, 6.45) is 2.66. The molecule has 2 aromatic carbocycles. The van der Waals surface area contributed by atoms with Gasteiger partial charge in [-0.2, -0.15) is 0 Å². The Balaban J connectivity index is 1.83. The fraction of sp³-hybridized carbons (Fsp3) is 0.300. The molecule has 0 aromatic heterocycles. The molecule has 2 aromatic rings. The lowest BCUT2D eigenvalue weighted by Gasteiger charge is -2.13. The van der Waals surface area contributed by atoms with Gasteiger partial charge in [-0.15, -0.1) is 6.58 Å². The fourth-order valence-electron chi connectivity index (χ4n) is 2.36. The van der Waals surface area contributed by atoms with Gasteiger partial charge in [0.05, 0.1) is 6.61 Å². The second-order valence-electron chi connectivity index (χ2n) is 5.31. The number of rotatable bonds is 11. The predicted octanol–water partition coefficient (Wildman–Crippen LogP) is 2.95. The quantitative estimate of drug-likeness (QED) is 0.492. The van der Waals surface area contributed by atoms with E-state index in [0.29, 0.717) is 26.3 Å². The van der Waals surface area contributed by atoms with E-state index in [0.717, 1.165) is 29.0 Å². The average molecular weight is 327 g/mol. The number of allylic oxidation sites excluding steroid dienone is 1. The molecule has 0 aliphatic heterocycles. The summed E-state index contributed by atoms with van der Waals surface area (Å²) in [6, 6.07) is 15.9. The highest BCUT2D eigenvalue weighted by Crippen LogP contribution is 2.20. The van der Waals surface area contributed by atoms with Gasteiger partial charge >= 0.3 is 0 Å². The molecular formula is C20H25NO3. The Hall–Kier alpha value is -2.30. The first kappa shape index (κ1) is 18.0. The van der Waals surface area contributed by atoms with Gasteiger partial charge in [0.25, 0.3) is 0 Å². The molecule has 0 unspecified atom stereocenters. The van der Waals surface area contributed by atoms with E-state index in [2.05, 4.69) is 11.9 Å². The van der Waals surface area contributed by atoms with Crippen LogP contribution in [0.4, 0.5) is 0 Å². The minimum atomic E-state index is 0.126. The summed E-state index contributed by atoms with van der Waals surface area (Å²) in [4.78, 5) is 0. The number of aliphatic hydroxyl groups excluding tert-OH is 1. The first-order valence-electron chi connectivity index (χ1n) is 8.19. The third kappa shape index (κ3) is 5.72. The molecule has 0 saturated carbocycles. The molecule has 2 rings (SSSR count). The number of hydrogen-bond donors (Lipinski definition) is 2. The van der Waals surface area contributed by atoms with Crippen LogP contribution in [-0.4, -0.2) is 31.5 Å². The predicted molar refractivity (Wildman–Crippen MR) is 96.6 cm³/mol. The number of aliphatic hydroxyl groups is 1. The Kier molecular flexibility index (Phi) is 7.87. The molecule has 0 aliphatic carbocycles. The van der Waals surface area contributed by atoms with Crippen LogP contribution in [0.2, 0.25) is 0 Å². The maximum atomic E-state index is 8.84. The van der Waals surface area contributed by atoms with Crippen LogP contribution in [0.3, 0.4) is 0 Å². The van der Waals surface area contributed by atoms with Gasteiger partial charge < -0.3 is 19.9 Å². The van der Waals surface area contributed by atoms with E-state index in [9.17, 15) is 0 Å². The summed E-state index contributed by atoms with van der Waals surface area (Å²) in [5, 5.41) is 12.0. The highest BCUT2D eigenvalue weighted by Gasteiger charge is 2.04. The largest absolute Gasteiger partial charge is 0.490 e. The zero-order chi connectivity index (χ0) is 17.0. The molecular weight excluding hydrogens is 302 g/mol. The van der Waals surface area contributed by atoms with Crippen LogP contribution in [-0.2, 0) is 13.0 Å². The molecule has 0 spiro atoms. The summed E-state index contributed by atoms with van der Waals surface area (Å²) in [6.45, 7) is 6.08. The molecule has 0 fully saturated rings. The lowest BCUT2D eigenvalue weighted by molar-refractivity contribution is 0.214. The second kappa shape index (κ2) is 10.5. The van der Waals surface area contributed by atoms with Crippen molar-refractivity contribution in [1.29, 1.82) is 0 Å². The maximum Gasteiger partial charge on any atom is 0.123 e. The van der Waals surface area contributed by atoms with E-state index in [1.54, 1.807) is 0 Å². The van der Waals surface area contributed by atoms with Crippen molar-refractivity contribution in [2.75, 3.05) is 26.4 Å². The number of nitrogens with one attached hydrogen (secondary N) is 1. The van der Waals surface area contributed by atoms with Crippen LogP contribution in [0.15, 0.2) is 61.2 Å². The molecule has 0 bridgehead atoms. The molecule has 24 heavy (non-hydrogen) atoms. The molecule has 0 atom stereocenters. The van der Waals surface area contributed by atoms with Crippen molar-refractivity contribution < 1.29 is 14.6 Å². The van der Waals surface area contributed by atoms with Crippen molar-refractivity contribution in [1.82, 2.24) is 5.32 Å². The molecule has 0 amide bonds. The summed E-state index contributed by atoms with van der Waals surface area (Å²) < 4.78 is 11.7. The Morgan fingerprint density at radius 2 is 1.50 bits per heavy atom. The van der Waals surface area contributed by atoms with Crippen molar-refractivity contribution >= 4 is 0 Å². The summed E-state index contributed by atoms with van der Waals surface area (Å²) in [5.74, 6) is 1.71. The zero-order valence-electron chi connectivity index (χ0n) is 13.9. The van der Waals surface area contributed by atoms with Crippen molar-refractivity contribution in [3.05, 3.63) is 72.3 Å². The Morgan fingerprint density at radius 1 is 0.917 bits per heavy atom. The summed E-state index contributed by atoms with van der Waals surface area (Å²) >= 11 is 0. The minimum Gasteiger partial charge on any atom is -0.490 e. The van der Waals surface area contributed by atoms with Crippen LogP contribution >= 0.6 is 0 Å². The van der Waals surface area contributed by atoms with Gasteiger partial charge in [-0.25, -0.2) is 0 Å². The highest BCUT2D eigenvalue weighted by molar-refractivity contribution is 5.35. The molecule has 0 saturated heterocycles. The van der Waals surface area contributed by atoms with Crippen LogP contribution in [0.25, 0.3) is 0 Å². The monoisotopic (exact) mass is 327 g/mol. The SMILES string of the molecule is C=CCc1ccccc1OCCOc1ccccc1CNCCO.